The number of fused-ring (bicyclic) bond motifs is 1. The Balaban J connectivity index is 1.01. The smallest absolute Gasteiger partial charge is 0.378 e. The molecule has 1 unspecified atom stereocenters. The van der Waals surface area contributed by atoms with Crippen LogP contribution in [0.15, 0.2) is 95.9 Å². The summed E-state index contributed by atoms with van der Waals surface area (Å²) in [5, 5.41) is 2.73. The number of benzene rings is 4. The van der Waals surface area contributed by atoms with Gasteiger partial charge in [0.1, 0.15) is 0 Å². The first-order valence-electron chi connectivity index (χ1n) is 17.5. The molecule has 0 bridgehead atoms. The molecule has 1 aromatic heterocycles. The topological polar surface area (TPSA) is 126 Å². The second kappa shape index (κ2) is 16.8. The van der Waals surface area contributed by atoms with Gasteiger partial charge in [0.15, 0.2) is 0 Å². The number of nitrogens with one attached hydrogen (secondary N) is 1. The highest BCUT2D eigenvalue weighted by Gasteiger charge is 2.31. The summed E-state index contributed by atoms with van der Waals surface area (Å²) >= 11 is 0. The largest absolute Gasteiger partial charge is 0.416 e. The lowest BCUT2D eigenvalue weighted by Gasteiger charge is -2.34. The fourth-order valence-electron chi connectivity index (χ4n) is 6.48. The molecule has 1 amide bonds. The van der Waals surface area contributed by atoms with E-state index in [0.717, 1.165) is 67.2 Å². The zero-order valence-corrected chi connectivity index (χ0v) is 30.7. The van der Waals surface area contributed by atoms with Gasteiger partial charge >= 0.3 is 6.18 Å². The molecule has 54 heavy (non-hydrogen) atoms. The quantitative estimate of drug-likeness (QED) is 0.0932. The van der Waals surface area contributed by atoms with E-state index >= 15 is 0 Å². The minimum absolute atomic E-state index is 0.125. The van der Waals surface area contributed by atoms with Gasteiger partial charge in [0.25, 0.3) is 16.0 Å². The Labute approximate surface area is 312 Å². The standard InChI is InChI=1S/C39H42F3N5O6S/c1-27-11-14-36(54(49,50)51)33(23-27)28(2)53-22-21-52-20-19-45-15-17-46(18-16-45)26-29-12-13-35-34(24-29)43-38(47(35)32-9-4-3-5-10-32)44-37(48)30-7-6-8-31(25-30)39(40,41)42/h3-14,23-25,28H,15-22,26H2,1-2H3,(H,43,44,48)(H,49,50,51). The van der Waals surface area contributed by atoms with Crippen LogP contribution in [-0.2, 0) is 32.3 Å². The van der Waals surface area contributed by atoms with Crippen LogP contribution in [0.2, 0.25) is 0 Å². The van der Waals surface area contributed by atoms with Crippen LogP contribution in [0.25, 0.3) is 16.7 Å². The van der Waals surface area contributed by atoms with Gasteiger partial charge in [-0.05, 0) is 67.9 Å². The molecule has 15 heteroatoms. The van der Waals surface area contributed by atoms with Crippen molar-refractivity contribution in [2.24, 2.45) is 0 Å². The third kappa shape index (κ3) is 9.71. The molecule has 0 saturated carbocycles. The number of aromatic nitrogens is 2. The maximum Gasteiger partial charge on any atom is 0.416 e. The van der Waals surface area contributed by atoms with E-state index < -0.39 is 33.9 Å². The third-order valence-corrected chi connectivity index (χ3v) is 10.2. The van der Waals surface area contributed by atoms with Crippen LogP contribution in [0.1, 0.15) is 45.6 Å². The second-order valence-electron chi connectivity index (χ2n) is 13.2. The molecule has 0 spiro atoms. The number of amides is 1. The average molecular weight is 766 g/mol. The number of ether oxygens (including phenoxy) is 2. The van der Waals surface area contributed by atoms with Gasteiger partial charge in [0.05, 0.1) is 47.4 Å². The van der Waals surface area contributed by atoms with E-state index in [1.165, 1.54) is 18.2 Å². The van der Waals surface area contributed by atoms with Crippen LogP contribution in [0, 0.1) is 6.92 Å². The fraction of sp³-hybridized carbons (Fsp3) is 0.333. The first kappa shape index (κ1) is 39.1. The van der Waals surface area contributed by atoms with E-state index in [0.29, 0.717) is 30.8 Å². The zero-order valence-electron chi connectivity index (χ0n) is 29.9. The SMILES string of the molecule is Cc1ccc(S(=O)(=O)O)c(C(C)OCCOCCN2CCN(Cc3ccc4c(c3)nc(NC(=O)c3cccc(C(F)(F)F)c3)n4-c3ccccc3)CC2)c1. The highest BCUT2D eigenvalue weighted by Crippen LogP contribution is 2.31. The van der Waals surface area contributed by atoms with Crippen molar-refractivity contribution in [3.63, 3.8) is 0 Å². The maximum absolute atomic E-state index is 13.3. The monoisotopic (exact) mass is 765 g/mol. The summed E-state index contributed by atoms with van der Waals surface area (Å²) in [7, 11) is -4.37. The lowest BCUT2D eigenvalue weighted by atomic mass is 10.1. The van der Waals surface area contributed by atoms with E-state index in [4.69, 9.17) is 14.5 Å². The number of rotatable bonds is 14. The lowest BCUT2D eigenvalue weighted by molar-refractivity contribution is -0.137. The van der Waals surface area contributed by atoms with Crippen LogP contribution >= 0.6 is 0 Å². The summed E-state index contributed by atoms with van der Waals surface area (Å²) in [6.45, 7) is 9.58. The van der Waals surface area contributed by atoms with Gasteiger partial charge in [-0.15, -0.1) is 0 Å². The van der Waals surface area contributed by atoms with E-state index in [-0.39, 0.29) is 23.0 Å². The van der Waals surface area contributed by atoms with Crippen LogP contribution in [-0.4, -0.2) is 90.8 Å². The predicted octanol–water partition coefficient (Wildman–Crippen LogP) is 6.76. The number of imidazole rings is 1. The molecule has 1 aliphatic heterocycles. The molecule has 5 aromatic rings. The van der Waals surface area contributed by atoms with Gasteiger partial charge < -0.3 is 9.47 Å². The molecular formula is C39H42F3N5O6S. The van der Waals surface area contributed by atoms with Crippen LogP contribution in [0.4, 0.5) is 19.1 Å². The zero-order chi connectivity index (χ0) is 38.5. The first-order chi connectivity index (χ1) is 25.8. The van der Waals surface area contributed by atoms with Crippen LogP contribution in [0.5, 0.6) is 0 Å². The van der Waals surface area contributed by atoms with Crippen molar-refractivity contribution >= 4 is 33.0 Å². The molecule has 4 aromatic carbocycles. The van der Waals surface area contributed by atoms with E-state index in [1.807, 2.05) is 55.5 Å². The average Bonchev–Trinajstić information content (AvgIpc) is 3.50. The number of carbonyl (C=O) groups excluding carboxylic acids is 1. The lowest BCUT2D eigenvalue weighted by Crippen LogP contribution is -2.46. The van der Waals surface area contributed by atoms with Crippen molar-refractivity contribution in [1.29, 1.82) is 0 Å². The number of aryl methyl sites for hydroxylation is 1. The Morgan fingerprint density at radius 2 is 1.65 bits per heavy atom. The highest BCUT2D eigenvalue weighted by atomic mass is 32.2. The summed E-state index contributed by atoms with van der Waals surface area (Å²) in [6.07, 6.45) is -5.12. The van der Waals surface area contributed by atoms with Crippen molar-refractivity contribution in [2.45, 2.75) is 37.6 Å². The van der Waals surface area contributed by atoms with Gasteiger partial charge in [0.2, 0.25) is 5.95 Å². The number of piperazine rings is 1. The molecule has 1 atom stereocenters. The fourth-order valence-corrected chi connectivity index (χ4v) is 7.24. The molecular weight excluding hydrogens is 724 g/mol. The molecule has 2 heterocycles. The third-order valence-electron chi connectivity index (χ3n) is 9.31. The molecule has 0 radical (unpaired) electrons. The van der Waals surface area contributed by atoms with Crippen molar-refractivity contribution in [3.8, 4) is 5.69 Å². The van der Waals surface area contributed by atoms with Gasteiger partial charge in [-0.3, -0.25) is 29.0 Å². The van der Waals surface area contributed by atoms with E-state index in [1.54, 1.807) is 23.6 Å². The molecule has 1 fully saturated rings. The number of halogens is 3. The Morgan fingerprint density at radius 3 is 2.37 bits per heavy atom. The Hall–Kier alpha value is -4.64. The molecule has 6 rings (SSSR count). The molecule has 11 nitrogen and oxygen atoms in total. The van der Waals surface area contributed by atoms with E-state index in [2.05, 4.69) is 15.1 Å². The molecule has 2 N–H and O–H groups in total. The summed E-state index contributed by atoms with van der Waals surface area (Å²) in [5.41, 5.74) is 3.40. The number of nitrogens with zero attached hydrogens (tertiary/aromatic N) is 4. The van der Waals surface area contributed by atoms with Crippen molar-refractivity contribution in [3.05, 3.63) is 119 Å². The molecule has 0 aliphatic carbocycles. The van der Waals surface area contributed by atoms with Gasteiger partial charge in [-0.25, -0.2) is 4.98 Å². The molecule has 1 aliphatic rings. The summed E-state index contributed by atoms with van der Waals surface area (Å²) in [6, 6.07) is 24.2. The van der Waals surface area contributed by atoms with Crippen molar-refractivity contribution in [2.75, 3.05) is 57.9 Å². The number of hydrogen-bond acceptors (Lipinski definition) is 8. The maximum atomic E-state index is 13.3. The minimum Gasteiger partial charge on any atom is -0.378 e. The molecule has 286 valence electrons. The summed E-state index contributed by atoms with van der Waals surface area (Å²) in [5.74, 6) is -0.500. The number of carbonyl (C=O) groups is 1. The number of para-hydroxylation sites is 1. The van der Waals surface area contributed by atoms with Gasteiger partial charge in [-0.2, -0.15) is 21.6 Å². The molecule has 1 saturated heterocycles. The Morgan fingerprint density at radius 1 is 0.907 bits per heavy atom. The normalized spacial score (nSPS) is 15.1. The van der Waals surface area contributed by atoms with Crippen LogP contribution < -0.4 is 5.32 Å². The van der Waals surface area contributed by atoms with Gasteiger partial charge in [-0.1, -0.05) is 48.0 Å². The number of anilines is 1. The van der Waals surface area contributed by atoms with Crippen LogP contribution in [0.3, 0.4) is 0 Å². The predicted molar refractivity (Wildman–Crippen MR) is 198 cm³/mol. The second-order valence-corrected chi connectivity index (χ2v) is 14.6. The van der Waals surface area contributed by atoms with Crippen molar-refractivity contribution in [1.82, 2.24) is 19.4 Å². The Bertz CT molecular complexity index is 2190. The summed E-state index contributed by atoms with van der Waals surface area (Å²) in [4.78, 5) is 22.4. The first-order valence-corrected chi connectivity index (χ1v) is 19.0. The van der Waals surface area contributed by atoms with Gasteiger partial charge in [0, 0.05) is 56.1 Å². The highest BCUT2D eigenvalue weighted by molar-refractivity contribution is 7.85. The summed E-state index contributed by atoms with van der Waals surface area (Å²) < 4.78 is 86.5. The minimum atomic E-state index is -4.57. The van der Waals surface area contributed by atoms with E-state index in [9.17, 15) is 30.9 Å². The Kier molecular flexibility index (Phi) is 12.2. The van der Waals surface area contributed by atoms with Crippen molar-refractivity contribution < 1.29 is 40.4 Å². The number of hydrogen-bond donors (Lipinski definition) is 2. The number of alkyl halides is 3.